The first-order valence-electron chi connectivity index (χ1n) is 6.43. The Balaban J connectivity index is 2.67. The maximum Gasteiger partial charge on any atom is 0.407 e. The first-order valence-corrected chi connectivity index (χ1v) is 6.81. The summed E-state index contributed by atoms with van der Waals surface area (Å²) in [5.41, 5.74) is 0.671. The van der Waals surface area contributed by atoms with Gasteiger partial charge in [-0.25, -0.2) is 4.79 Å². The zero-order chi connectivity index (χ0) is 15.0. The third kappa shape index (κ3) is 5.93. The van der Waals surface area contributed by atoms with Crippen molar-refractivity contribution >= 4 is 23.7 Å². The van der Waals surface area contributed by atoms with Gasteiger partial charge in [0.1, 0.15) is 0 Å². The van der Waals surface area contributed by atoms with E-state index >= 15 is 0 Å². The summed E-state index contributed by atoms with van der Waals surface area (Å²) in [7, 11) is 0. The summed E-state index contributed by atoms with van der Waals surface area (Å²) in [4.78, 5) is 22.5. The Kier molecular flexibility index (Phi) is 6.87. The predicted molar refractivity (Wildman–Crippen MR) is 75.8 cm³/mol. The zero-order valence-corrected chi connectivity index (χ0v) is 12.0. The summed E-state index contributed by atoms with van der Waals surface area (Å²) >= 11 is 5.78. The van der Waals surface area contributed by atoms with E-state index in [4.69, 9.17) is 21.4 Å². The molecule has 0 aliphatic carbocycles. The third-order valence-corrected chi connectivity index (χ3v) is 2.93. The highest BCUT2D eigenvalue weighted by molar-refractivity contribution is 6.30. The van der Waals surface area contributed by atoms with Gasteiger partial charge in [-0.1, -0.05) is 37.1 Å². The molecule has 0 heterocycles. The fourth-order valence-electron chi connectivity index (χ4n) is 1.62. The molecule has 0 fully saturated rings. The number of unbranched alkanes of at least 4 members (excludes halogenated alkanes) is 1. The van der Waals surface area contributed by atoms with Gasteiger partial charge in [0, 0.05) is 5.02 Å². The van der Waals surface area contributed by atoms with Crippen molar-refractivity contribution in [3.63, 3.8) is 0 Å². The molecule has 0 aromatic heterocycles. The summed E-state index contributed by atoms with van der Waals surface area (Å²) in [6.45, 7) is 2.31. The molecule has 2 N–H and O–H groups in total. The second-order valence-electron chi connectivity index (χ2n) is 4.34. The third-order valence-electron chi connectivity index (χ3n) is 2.67. The smallest absolute Gasteiger partial charge is 0.407 e. The number of carboxylic acid groups (broad SMARTS) is 1. The molecule has 1 unspecified atom stereocenters. The van der Waals surface area contributed by atoms with Gasteiger partial charge in [-0.2, -0.15) is 0 Å². The fraction of sp³-hybridized carbons (Fsp3) is 0.429. The Labute approximate surface area is 122 Å². The SMILES string of the molecule is CCCCOC(=O)NC(CC(=O)O)c1ccc(Cl)cc1. The van der Waals surface area contributed by atoms with Crippen molar-refractivity contribution in [3.8, 4) is 0 Å². The van der Waals surface area contributed by atoms with E-state index in [1.54, 1.807) is 24.3 Å². The zero-order valence-electron chi connectivity index (χ0n) is 11.3. The number of carboxylic acids is 1. The van der Waals surface area contributed by atoms with Crippen LogP contribution >= 0.6 is 11.6 Å². The number of nitrogens with one attached hydrogen (secondary N) is 1. The maximum absolute atomic E-state index is 11.6. The molecular weight excluding hydrogens is 282 g/mol. The number of alkyl carbamates (subject to hydrolysis) is 1. The van der Waals surface area contributed by atoms with E-state index in [2.05, 4.69) is 5.32 Å². The van der Waals surface area contributed by atoms with Gasteiger partial charge in [0.15, 0.2) is 0 Å². The van der Waals surface area contributed by atoms with E-state index in [-0.39, 0.29) is 6.42 Å². The van der Waals surface area contributed by atoms with Gasteiger partial charge in [0.2, 0.25) is 0 Å². The Morgan fingerprint density at radius 1 is 1.35 bits per heavy atom. The standard InChI is InChI=1S/C14H18ClNO4/c1-2-3-8-20-14(19)16-12(9-13(17)18)10-4-6-11(15)7-5-10/h4-7,12H,2-3,8-9H2,1H3,(H,16,19)(H,17,18). The lowest BCUT2D eigenvalue weighted by Crippen LogP contribution is -2.31. The van der Waals surface area contributed by atoms with Crippen molar-refractivity contribution in [1.82, 2.24) is 5.32 Å². The minimum Gasteiger partial charge on any atom is -0.481 e. The molecular formula is C14H18ClNO4. The number of hydrogen-bond acceptors (Lipinski definition) is 3. The number of aliphatic carboxylic acids is 1. The molecule has 0 saturated heterocycles. The second-order valence-corrected chi connectivity index (χ2v) is 4.77. The van der Waals surface area contributed by atoms with Crippen LogP contribution in [-0.2, 0) is 9.53 Å². The number of carbonyl (C=O) groups excluding carboxylic acids is 1. The minimum atomic E-state index is -1.00. The summed E-state index contributed by atoms with van der Waals surface area (Å²) in [6, 6.07) is 6.02. The molecule has 1 aromatic rings. The molecule has 1 aromatic carbocycles. The molecule has 1 amide bonds. The minimum absolute atomic E-state index is 0.218. The molecule has 0 radical (unpaired) electrons. The van der Waals surface area contributed by atoms with E-state index in [0.717, 1.165) is 12.8 Å². The van der Waals surface area contributed by atoms with Crippen LogP contribution in [0.4, 0.5) is 4.79 Å². The van der Waals surface area contributed by atoms with Crippen LogP contribution in [0, 0.1) is 0 Å². The summed E-state index contributed by atoms with van der Waals surface area (Å²) in [5, 5.41) is 12.0. The highest BCUT2D eigenvalue weighted by Gasteiger charge is 2.18. The Morgan fingerprint density at radius 2 is 2.00 bits per heavy atom. The van der Waals surface area contributed by atoms with E-state index in [0.29, 0.717) is 17.2 Å². The van der Waals surface area contributed by atoms with Crippen molar-refractivity contribution in [3.05, 3.63) is 34.9 Å². The summed E-state index contributed by atoms with van der Waals surface area (Å²) in [6.07, 6.45) is 0.866. The molecule has 6 heteroatoms. The van der Waals surface area contributed by atoms with Crippen molar-refractivity contribution in [2.75, 3.05) is 6.61 Å². The molecule has 0 bridgehead atoms. The van der Waals surface area contributed by atoms with Crippen LogP contribution in [0.25, 0.3) is 0 Å². The lowest BCUT2D eigenvalue weighted by molar-refractivity contribution is -0.137. The summed E-state index contributed by atoms with van der Waals surface area (Å²) in [5.74, 6) is -1.00. The number of rotatable bonds is 7. The predicted octanol–water partition coefficient (Wildman–Crippen LogP) is 3.38. The number of amides is 1. The van der Waals surface area contributed by atoms with Gasteiger partial charge >= 0.3 is 12.1 Å². The van der Waals surface area contributed by atoms with Crippen molar-refractivity contribution < 1.29 is 19.4 Å². The van der Waals surface area contributed by atoms with Crippen LogP contribution < -0.4 is 5.32 Å². The van der Waals surface area contributed by atoms with Crippen molar-refractivity contribution in [1.29, 1.82) is 0 Å². The topological polar surface area (TPSA) is 75.6 Å². The number of ether oxygens (including phenoxy) is 1. The molecule has 110 valence electrons. The second kappa shape index (κ2) is 8.43. The van der Waals surface area contributed by atoms with Crippen LogP contribution in [-0.4, -0.2) is 23.8 Å². The largest absolute Gasteiger partial charge is 0.481 e. The van der Waals surface area contributed by atoms with Crippen LogP contribution in [0.1, 0.15) is 37.8 Å². The van der Waals surface area contributed by atoms with Crippen LogP contribution in [0.5, 0.6) is 0 Å². The number of carbonyl (C=O) groups is 2. The van der Waals surface area contributed by atoms with Crippen molar-refractivity contribution in [2.24, 2.45) is 0 Å². The average Bonchev–Trinajstić information content (AvgIpc) is 2.38. The highest BCUT2D eigenvalue weighted by atomic mass is 35.5. The van der Waals surface area contributed by atoms with E-state index in [1.165, 1.54) is 0 Å². The lowest BCUT2D eigenvalue weighted by atomic mass is 10.0. The Bertz CT molecular complexity index is 447. The van der Waals surface area contributed by atoms with Crippen LogP contribution in [0.2, 0.25) is 5.02 Å². The van der Waals surface area contributed by atoms with Gasteiger partial charge in [0.05, 0.1) is 19.1 Å². The number of hydrogen-bond donors (Lipinski definition) is 2. The molecule has 5 nitrogen and oxygen atoms in total. The maximum atomic E-state index is 11.6. The lowest BCUT2D eigenvalue weighted by Gasteiger charge is -2.17. The van der Waals surface area contributed by atoms with Gasteiger partial charge in [-0.15, -0.1) is 0 Å². The molecule has 0 aliphatic heterocycles. The Morgan fingerprint density at radius 3 is 2.55 bits per heavy atom. The monoisotopic (exact) mass is 299 g/mol. The average molecular weight is 300 g/mol. The summed E-state index contributed by atoms with van der Waals surface area (Å²) < 4.78 is 4.97. The van der Waals surface area contributed by atoms with Crippen LogP contribution in [0.15, 0.2) is 24.3 Å². The molecule has 1 rings (SSSR count). The number of halogens is 1. The first-order chi connectivity index (χ1) is 9.52. The number of benzene rings is 1. The molecule has 20 heavy (non-hydrogen) atoms. The van der Waals surface area contributed by atoms with Gasteiger partial charge < -0.3 is 15.2 Å². The fourth-order valence-corrected chi connectivity index (χ4v) is 1.74. The van der Waals surface area contributed by atoms with E-state index in [1.807, 2.05) is 6.92 Å². The molecule has 0 spiro atoms. The molecule has 1 atom stereocenters. The van der Waals surface area contributed by atoms with E-state index in [9.17, 15) is 9.59 Å². The van der Waals surface area contributed by atoms with E-state index < -0.39 is 18.1 Å². The van der Waals surface area contributed by atoms with Crippen molar-refractivity contribution in [2.45, 2.75) is 32.2 Å². The molecule has 0 aliphatic rings. The quantitative estimate of drug-likeness (QED) is 0.757. The normalized spacial score (nSPS) is 11.7. The first kappa shape index (κ1) is 16.3. The highest BCUT2D eigenvalue weighted by Crippen LogP contribution is 2.19. The van der Waals surface area contributed by atoms with Gasteiger partial charge in [-0.3, -0.25) is 4.79 Å². The van der Waals surface area contributed by atoms with Gasteiger partial charge in [0.25, 0.3) is 0 Å². The Hall–Kier alpha value is -1.75. The van der Waals surface area contributed by atoms with Gasteiger partial charge in [-0.05, 0) is 24.1 Å². The molecule has 0 saturated carbocycles. The van der Waals surface area contributed by atoms with Crippen LogP contribution in [0.3, 0.4) is 0 Å².